The van der Waals surface area contributed by atoms with Gasteiger partial charge in [0.15, 0.2) is 11.2 Å². The van der Waals surface area contributed by atoms with Gasteiger partial charge in [-0.25, -0.2) is 9.97 Å². The molecule has 2 N–H and O–H groups in total. The first-order valence-corrected chi connectivity index (χ1v) is 4.12. The number of rotatable bonds is 1. The Bertz CT molecular complexity index is 482. The van der Waals surface area contributed by atoms with Crippen LogP contribution in [0.1, 0.15) is 25.6 Å². The van der Waals surface area contributed by atoms with Crippen LogP contribution in [0, 0.1) is 0 Å². The highest BCUT2D eigenvalue weighted by atomic mass is 16.1. The normalized spacial score (nSPS) is 11.3. The second kappa shape index (κ2) is 2.69. The van der Waals surface area contributed by atoms with Gasteiger partial charge < -0.3 is 9.97 Å². The Balaban J connectivity index is 2.77. The molecule has 0 amide bonds. The van der Waals surface area contributed by atoms with Gasteiger partial charge in [-0.1, -0.05) is 13.8 Å². The van der Waals surface area contributed by atoms with Crippen molar-refractivity contribution in [3.63, 3.8) is 0 Å². The zero-order valence-electron chi connectivity index (χ0n) is 7.46. The third-order valence-corrected chi connectivity index (χ3v) is 1.86. The second-order valence-electron chi connectivity index (χ2n) is 3.21. The van der Waals surface area contributed by atoms with Gasteiger partial charge in [-0.05, 0) is 0 Å². The number of nitrogens with one attached hydrogen (secondary N) is 2. The summed E-state index contributed by atoms with van der Waals surface area (Å²) < 4.78 is 0. The molecule has 0 unspecified atom stereocenters. The predicted octanol–water partition coefficient (Wildman–Crippen LogP) is 0.770. The van der Waals surface area contributed by atoms with Crippen LogP contribution in [0.15, 0.2) is 11.1 Å². The van der Waals surface area contributed by atoms with Crippen molar-refractivity contribution in [3.8, 4) is 0 Å². The molecule has 2 rings (SSSR count). The van der Waals surface area contributed by atoms with Crippen LogP contribution in [0.5, 0.6) is 0 Å². The number of aromatic amines is 2. The number of nitrogens with zero attached hydrogens (tertiary/aromatic N) is 2. The Kier molecular flexibility index (Phi) is 1.65. The van der Waals surface area contributed by atoms with Gasteiger partial charge in [0.1, 0.15) is 5.82 Å². The van der Waals surface area contributed by atoms with E-state index in [0.717, 1.165) is 0 Å². The fourth-order valence-corrected chi connectivity index (χ4v) is 1.13. The number of hydrogen-bond donors (Lipinski definition) is 2. The van der Waals surface area contributed by atoms with Crippen molar-refractivity contribution in [2.24, 2.45) is 0 Å². The van der Waals surface area contributed by atoms with Gasteiger partial charge in [0, 0.05) is 5.92 Å². The molecule has 0 spiro atoms. The van der Waals surface area contributed by atoms with Crippen LogP contribution in [0.2, 0.25) is 0 Å². The highest BCUT2D eigenvalue weighted by Crippen LogP contribution is 2.08. The fraction of sp³-hybridized carbons (Fsp3) is 0.375. The van der Waals surface area contributed by atoms with Crippen molar-refractivity contribution in [1.29, 1.82) is 0 Å². The van der Waals surface area contributed by atoms with E-state index in [-0.39, 0.29) is 11.5 Å². The monoisotopic (exact) mass is 178 g/mol. The standard InChI is InChI=1S/C8H10N4O/c1-4(2)6-11-7-5(8(13)12-6)9-3-10-7/h3-4H,1-2H3,(H2,9,10,11,12,13). The SMILES string of the molecule is CC(C)c1nc2nc[nH]c2c(=O)[nH]1. The van der Waals surface area contributed by atoms with Crippen molar-refractivity contribution in [3.05, 3.63) is 22.5 Å². The lowest BCUT2D eigenvalue weighted by molar-refractivity contribution is 0.775. The van der Waals surface area contributed by atoms with Crippen LogP contribution in [-0.4, -0.2) is 19.9 Å². The summed E-state index contributed by atoms with van der Waals surface area (Å²) in [5, 5.41) is 0. The average molecular weight is 178 g/mol. The van der Waals surface area contributed by atoms with E-state index in [1.165, 1.54) is 6.33 Å². The van der Waals surface area contributed by atoms with Gasteiger partial charge in [-0.15, -0.1) is 0 Å². The number of hydrogen-bond acceptors (Lipinski definition) is 3. The van der Waals surface area contributed by atoms with Crippen molar-refractivity contribution in [2.45, 2.75) is 19.8 Å². The number of aromatic nitrogens is 4. The molecule has 0 aliphatic heterocycles. The average Bonchev–Trinajstić information content (AvgIpc) is 2.51. The third-order valence-electron chi connectivity index (χ3n) is 1.86. The highest BCUT2D eigenvalue weighted by Gasteiger charge is 2.07. The summed E-state index contributed by atoms with van der Waals surface area (Å²) in [6.45, 7) is 3.94. The lowest BCUT2D eigenvalue weighted by Crippen LogP contribution is -2.12. The molecule has 0 fully saturated rings. The van der Waals surface area contributed by atoms with Crippen molar-refractivity contribution >= 4 is 11.2 Å². The van der Waals surface area contributed by atoms with E-state index in [9.17, 15) is 4.79 Å². The molecule has 0 saturated heterocycles. The van der Waals surface area contributed by atoms with E-state index in [1.54, 1.807) is 0 Å². The third kappa shape index (κ3) is 1.22. The number of imidazole rings is 1. The van der Waals surface area contributed by atoms with Crippen molar-refractivity contribution in [2.75, 3.05) is 0 Å². The molecule has 0 aliphatic carbocycles. The smallest absolute Gasteiger partial charge is 0.276 e. The molecule has 5 heteroatoms. The Labute approximate surface area is 74.2 Å². The van der Waals surface area contributed by atoms with E-state index >= 15 is 0 Å². The molecule has 0 aromatic carbocycles. The van der Waals surface area contributed by atoms with E-state index in [0.29, 0.717) is 17.0 Å². The predicted molar refractivity (Wildman–Crippen MR) is 48.6 cm³/mol. The van der Waals surface area contributed by atoms with Crippen LogP contribution in [0.4, 0.5) is 0 Å². The Morgan fingerprint density at radius 3 is 2.92 bits per heavy atom. The van der Waals surface area contributed by atoms with E-state index in [2.05, 4.69) is 19.9 Å². The van der Waals surface area contributed by atoms with Gasteiger partial charge in [0.25, 0.3) is 5.56 Å². The molecule has 68 valence electrons. The second-order valence-corrected chi connectivity index (χ2v) is 3.21. The number of fused-ring (bicyclic) bond motifs is 1. The Morgan fingerprint density at radius 2 is 2.23 bits per heavy atom. The maximum Gasteiger partial charge on any atom is 0.276 e. The van der Waals surface area contributed by atoms with Crippen LogP contribution in [-0.2, 0) is 0 Å². The van der Waals surface area contributed by atoms with E-state index in [4.69, 9.17) is 0 Å². The minimum Gasteiger partial charge on any atom is -0.339 e. The van der Waals surface area contributed by atoms with Crippen LogP contribution < -0.4 is 5.56 Å². The quantitative estimate of drug-likeness (QED) is 0.677. The van der Waals surface area contributed by atoms with E-state index in [1.807, 2.05) is 13.8 Å². The summed E-state index contributed by atoms with van der Waals surface area (Å²) in [6, 6.07) is 0. The molecule has 13 heavy (non-hydrogen) atoms. The van der Waals surface area contributed by atoms with Crippen LogP contribution in [0.3, 0.4) is 0 Å². The maximum absolute atomic E-state index is 11.4. The zero-order valence-corrected chi connectivity index (χ0v) is 7.46. The minimum atomic E-state index is -0.161. The molecule has 0 atom stereocenters. The molecule has 5 nitrogen and oxygen atoms in total. The summed E-state index contributed by atoms with van der Waals surface area (Å²) in [7, 11) is 0. The molecular formula is C8H10N4O. The Hall–Kier alpha value is -1.65. The van der Waals surface area contributed by atoms with Crippen molar-refractivity contribution in [1.82, 2.24) is 19.9 Å². The van der Waals surface area contributed by atoms with Gasteiger partial charge in [-0.3, -0.25) is 4.79 Å². The van der Waals surface area contributed by atoms with Crippen molar-refractivity contribution < 1.29 is 0 Å². The van der Waals surface area contributed by atoms with Gasteiger partial charge >= 0.3 is 0 Å². The first-order chi connectivity index (χ1) is 6.18. The minimum absolute atomic E-state index is 0.161. The molecular weight excluding hydrogens is 168 g/mol. The molecule has 2 aromatic heterocycles. The largest absolute Gasteiger partial charge is 0.339 e. The summed E-state index contributed by atoms with van der Waals surface area (Å²) in [5.41, 5.74) is 0.753. The van der Waals surface area contributed by atoms with E-state index < -0.39 is 0 Å². The first-order valence-electron chi connectivity index (χ1n) is 4.12. The molecule has 0 radical (unpaired) electrons. The summed E-state index contributed by atoms with van der Waals surface area (Å²) in [4.78, 5) is 25.0. The topological polar surface area (TPSA) is 74.4 Å². The van der Waals surface area contributed by atoms with Crippen LogP contribution in [0.25, 0.3) is 11.2 Å². The number of H-pyrrole nitrogens is 2. The lowest BCUT2D eigenvalue weighted by atomic mass is 10.2. The van der Waals surface area contributed by atoms with Gasteiger partial charge in [0.2, 0.25) is 0 Å². The van der Waals surface area contributed by atoms with Crippen LogP contribution >= 0.6 is 0 Å². The summed E-state index contributed by atoms with van der Waals surface area (Å²) in [6.07, 6.45) is 1.47. The summed E-state index contributed by atoms with van der Waals surface area (Å²) >= 11 is 0. The molecule has 0 aliphatic rings. The molecule has 0 bridgehead atoms. The van der Waals surface area contributed by atoms with Gasteiger partial charge in [-0.2, -0.15) is 0 Å². The maximum atomic E-state index is 11.4. The molecule has 2 aromatic rings. The fourth-order valence-electron chi connectivity index (χ4n) is 1.13. The lowest BCUT2D eigenvalue weighted by Gasteiger charge is -2.01. The summed E-state index contributed by atoms with van der Waals surface area (Å²) in [5.74, 6) is 0.874. The van der Waals surface area contributed by atoms with Gasteiger partial charge in [0.05, 0.1) is 6.33 Å². The molecule has 0 saturated carbocycles. The highest BCUT2D eigenvalue weighted by molar-refractivity contribution is 5.67. The zero-order chi connectivity index (χ0) is 9.42. The first kappa shape index (κ1) is 7.97. The molecule has 2 heterocycles. The Morgan fingerprint density at radius 1 is 1.46 bits per heavy atom.